The molecule has 1 aliphatic heterocycles. The molecule has 34 heavy (non-hydrogen) atoms. The Kier molecular flexibility index (Phi) is 7.72. The van der Waals surface area contributed by atoms with Gasteiger partial charge in [0.15, 0.2) is 0 Å². The van der Waals surface area contributed by atoms with E-state index in [1.165, 1.54) is 24.5 Å². The third-order valence-corrected chi connectivity index (χ3v) is 6.94. The fourth-order valence-corrected chi connectivity index (χ4v) is 5.33. The number of rotatable bonds is 7. The van der Waals surface area contributed by atoms with Crippen molar-refractivity contribution in [3.05, 3.63) is 76.4 Å². The number of benzene rings is 2. The second-order valence-corrected chi connectivity index (χ2v) is 9.55. The highest BCUT2D eigenvalue weighted by molar-refractivity contribution is 7.17. The molecule has 178 valence electrons. The number of nitrogens with zero attached hydrogens (tertiary/aromatic N) is 2. The minimum atomic E-state index is -0.468. The van der Waals surface area contributed by atoms with Crippen molar-refractivity contribution >= 4 is 28.2 Å². The van der Waals surface area contributed by atoms with Crippen molar-refractivity contribution < 1.29 is 18.7 Å². The highest BCUT2D eigenvalue weighted by Crippen LogP contribution is 2.40. The molecule has 1 amide bonds. The number of carbonyl (C=O) groups excluding carboxylic acids is 2. The van der Waals surface area contributed by atoms with E-state index >= 15 is 0 Å². The fourth-order valence-electron chi connectivity index (χ4n) is 4.25. The van der Waals surface area contributed by atoms with E-state index in [-0.39, 0.29) is 18.3 Å². The molecule has 1 aromatic heterocycles. The van der Waals surface area contributed by atoms with E-state index in [2.05, 4.69) is 15.1 Å². The Balaban J connectivity index is 1.38. The van der Waals surface area contributed by atoms with E-state index in [0.29, 0.717) is 17.1 Å². The topological polar surface area (TPSA) is 61.9 Å². The molecule has 1 fully saturated rings. The van der Waals surface area contributed by atoms with Crippen LogP contribution in [0.25, 0.3) is 11.1 Å². The molecule has 8 heteroatoms. The van der Waals surface area contributed by atoms with Crippen LogP contribution < -0.4 is 5.32 Å². The fraction of sp³-hybridized carbons (Fsp3) is 0.308. The summed E-state index contributed by atoms with van der Waals surface area (Å²) in [5, 5.41) is 3.46. The van der Waals surface area contributed by atoms with Crippen LogP contribution in [0.5, 0.6) is 0 Å². The first kappa shape index (κ1) is 24.1. The minimum Gasteiger partial charge on any atom is -0.465 e. The number of ether oxygens (including phenoxy) is 1. The zero-order chi connectivity index (χ0) is 24.1. The predicted molar refractivity (Wildman–Crippen MR) is 133 cm³/mol. The monoisotopic (exact) mass is 481 g/mol. The van der Waals surface area contributed by atoms with Gasteiger partial charge in [-0.15, -0.1) is 11.3 Å². The summed E-state index contributed by atoms with van der Waals surface area (Å²) in [6.07, 6.45) is 0. The summed E-state index contributed by atoms with van der Waals surface area (Å²) in [5.41, 5.74) is 3.04. The number of piperazine rings is 1. The van der Waals surface area contributed by atoms with Crippen LogP contribution in [-0.2, 0) is 16.1 Å². The third kappa shape index (κ3) is 5.70. The van der Waals surface area contributed by atoms with Crippen LogP contribution in [0.2, 0.25) is 0 Å². The number of hydrogen-bond acceptors (Lipinski definition) is 6. The van der Waals surface area contributed by atoms with Crippen molar-refractivity contribution in [3.63, 3.8) is 0 Å². The highest BCUT2D eigenvalue weighted by Gasteiger charge is 2.26. The molecule has 2 aromatic carbocycles. The number of carbonyl (C=O) groups is 2. The van der Waals surface area contributed by atoms with Gasteiger partial charge in [-0.2, -0.15) is 0 Å². The standard InChI is InChI=1S/C26H28FN3O3S/c1-18-23(20-8-4-3-5-9-20)24(26(32)33-2)25(34-18)28-22(31)17-30-13-11-29(12-14-30)16-19-7-6-10-21(27)15-19/h3-10,15H,11-14,16-17H2,1-2H3,(H,28,31). The largest absolute Gasteiger partial charge is 0.465 e. The van der Waals surface area contributed by atoms with Crippen molar-refractivity contribution in [2.45, 2.75) is 13.5 Å². The number of halogens is 1. The average molecular weight is 482 g/mol. The van der Waals surface area contributed by atoms with Crippen molar-refractivity contribution in [2.24, 2.45) is 0 Å². The summed E-state index contributed by atoms with van der Waals surface area (Å²) in [6, 6.07) is 16.3. The van der Waals surface area contributed by atoms with Gasteiger partial charge < -0.3 is 10.1 Å². The van der Waals surface area contributed by atoms with Crippen LogP contribution >= 0.6 is 11.3 Å². The van der Waals surface area contributed by atoms with E-state index in [9.17, 15) is 14.0 Å². The first-order valence-electron chi connectivity index (χ1n) is 11.2. The average Bonchev–Trinajstić information content (AvgIpc) is 3.15. The van der Waals surface area contributed by atoms with Crippen LogP contribution in [0.4, 0.5) is 9.39 Å². The lowest BCUT2D eigenvalue weighted by atomic mass is 10.0. The lowest BCUT2D eigenvalue weighted by Gasteiger charge is -2.34. The molecule has 0 bridgehead atoms. The van der Waals surface area contributed by atoms with Crippen LogP contribution in [0, 0.1) is 12.7 Å². The lowest BCUT2D eigenvalue weighted by molar-refractivity contribution is -0.117. The maximum Gasteiger partial charge on any atom is 0.341 e. The molecular weight excluding hydrogens is 453 g/mol. The van der Waals surface area contributed by atoms with Crippen LogP contribution in [0.1, 0.15) is 20.8 Å². The zero-order valence-corrected chi connectivity index (χ0v) is 20.2. The normalized spacial score (nSPS) is 14.7. The van der Waals surface area contributed by atoms with Crippen LogP contribution in [0.3, 0.4) is 0 Å². The molecule has 2 heterocycles. The second-order valence-electron chi connectivity index (χ2n) is 8.33. The van der Waals surface area contributed by atoms with Crippen LogP contribution in [0.15, 0.2) is 54.6 Å². The summed E-state index contributed by atoms with van der Waals surface area (Å²) in [7, 11) is 1.35. The van der Waals surface area contributed by atoms with Gasteiger partial charge in [-0.25, -0.2) is 9.18 Å². The first-order valence-corrected chi connectivity index (χ1v) is 12.0. The Bertz CT molecular complexity index is 1160. The maximum absolute atomic E-state index is 13.4. The Morgan fingerprint density at radius 3 is 2.41 bits per heavy atom. The van der Waals surface area contributed by atoms with Crippen LogP contribution in [-0.4, -0.2) is 61.5 Å². The minimum absolute atomic E-state index is 0.162. The Morgan fingerprint density at radius 1 is 1.03 bits per heavy atom. The van der Waals surface area contributed by atoms with E-state index < -0.39 is 5.97 Å². The number of esters is 1. The van der Waals surface area contributed by atoms with Gasteiger partial charge in [-0.05, 0) is 30.2 Å². The number of thiophene rings is 1. The third-order valence-electron chi connectivity index (χ3n) is 5.92. The Labute approximate surface area is 203 Å². The first-order chi connectivity index (χ1) is 16.4. The Hall–Kier alpha value is -3.07. The smallest absolute Gasteiger partial charge is 0.341 e. The van der Waals surface area contributed by atoms with E-state index in [4.69, 9.17) is 4.74 Å². The molecule has 4 rings (SSSR count). The highest BCUT2D eigenvalue weighted by atomic mass is 32.1. The van der Waals surface area contributed by atoms with Crippen molar-refractivity contribution in [1.82, 2.24) is 9.80 Å². The number of methoxy groups -OCH3 is 1. The summed E-state index contributed by atoms with van der Waals surface area (Å²) in [5.74, 6) is -0.854. The van der Waals surface area contributed by atoms with Gasteiger partial charge >= 0.3 is 5.97 Å². The molecule has 0 saturated carbocycles. The zero-order valence-electron chi connectivity index (χ0n) is 19.3. The number of hydrogen-bond donors (Lipinski definition) is 1. The van der Waals surface area contributed by atoms with E-state index in [1.54, 1.807) is 12.1 Å². The SMILES string of the molecule is COC(=O)c1c(NC(=O)CN2CCN(Cc3cccc(F)c3)CC2)sc(C)c1-c1ccccc1. The quantitative estimate of drug-likeness (QED) is 0.507. The summed E-state index contributed by atoms with van der Waals surface area (Å²) in [4.78, 5) is 30.8. The molecule has 6 nitrogen and oxygen atoms in total. The number of nitrogens with one attached hydrogen (secondary N) is 1. The van der Waals surface area contributed by atoms with Gasteiger partial charge in [0.1, 0.15) is 16.4 Å². The lowest BCUT2D eigenvalue weighted by Crippen LogP contribution is -2.48. The van der Waals surface area contributed by atoms with Gasteiger partial charge in [-0.1, -0.05) is 42.5 Å². The van der Waals surface area contributed by atoms with E-state index in [0.717, 1.165) is 47.7 Å². The summed E-state index contributed by atoms with van der Waals surface area (Å²) >= 11 is 1.38. The summed E-state index contributed by atoms with van der Waals surface area (Å²) in [6.45, 7) is 5.95. The molecule has 0 radical (unpaired) electrons. The number of amides is 1. The predicted octanol–water partition coefficient (Wildman–Crippen LogP) is 4.41. The molecule has 3 aromatic rings. The van der Waals surface area contributed by atoms with Gasteiger partial charge in [-0.3, -0.25) is 14.6 Å². The van der Waals surface area contributed by atoms with Crippen molar-refractivity contribution in [2.75, 3.05) is 45.2 Å². The molecule has 0 aliphatic carbocycles. The second kappa shape index (κ2) is 10.9. The van der Waals surface area contributed by atoms with Gasteiger partial charge in [0.25, 0.3) is 0 Å². The molecule has 1 aliphatic rings. The number of anilines is 1. The molecular formula is C26H28FN3O3S. The molecule has 0 spiro atoms. The molecule has 1 N–H and O–H groups in total. The van der Waals surface area contributed by atoms with Crippen molar-refractivity contribution in [3.8, 4) is 11.1 Å². The van der Waals surface area contributed by atoms with E-state index in [1.807, 2.05) is 43.3 Å². The molecule has 0 unspecified atom stereocenters. The summed E-state index contributed by atoms with van der Waals surface area (Å²) < 4.78 is 18.5. The van der Waals surface area contributed by atoms with Gasteiger partial charge in [0, 0.05) is 43.2 Å². The van der Waals surface area contributed by atoms with Gasteiger partial charge in [0.05, 0.1) is 13.7 Å². The van der Waals surface area contributed by atoms with Gasteiger partial charge in [0.2, 0.25) is 5.91 Å². The Morgan fingerprint density at radius 2 is 1.74 bits per heavy atom. The van der Waals surface area contributed by atoms with Crippen molar-refractivity contribution in [1.29, 1.82) is 0 Å². The maximum atomic E-state index is 13.4. The molecule has 0 atom stereocenters. The number of aryl methyl sites for hydroxylation is 1. The molecule has 1 saturated heterocycles.